The minimum Gasteiger partial charge on any atom is -0.504 e. The van der Waals surface area contributed by atoms with Crippen LogP contribution in [0.3, 0.4) is 0 Å². The maximum atomic E-state index is 10.5. The Kier molecular flexibility index (Phi) is 10.7. The van der Waals surface area contributed by atoms with Gasteiger partial charge in [0.25, 0.3) is 0 Å². The van der Waals surface area contributed by atoms with Crippen molar-refractivity contribution >= 4 is 6.16 Å². The molecule has 0 saturated carbocycles. The molecular formula is C19H30O5. The molecule has 5 heteroatoms. The maximum absolute atomic E-state index is 10.5. The highest BCUT2D eigenvalue weighted by molar-refractivity contribution is 5.63. The molecule has 0 spiro atoms. The van der Waals surface area contributed by atoms with Crippen LogP contribution < -0.4 is 4.74 Å². The second-order valence-corrected chi connectivity index (χ2v) is 5.97. The molecule has 0 saturated heterocycles. The smallest absolute Gasteiger partial charge is 0.504 e. The molecule has 0 heterocycles. The zero-order valence-electron chi connectivity index (χ0n) is 14.6. The quantitative estimate of drug-likeness (QED) is 0.295. The molecule has 1 rings (SSSR count). The Balaban J connectivity index is 2.10. The van der Waals surface area contributed by atoms with Crippen molar-refractivity contribution in [3.63, 3.8) is 0 Å². The minimum atomic E-state index is -1.42. The molecule has 1 aromatic carbocycles. The Morgan fingerprint density at radius 3 is 2.33 bits per heavy atom. The fraction of sp³-hybridized carbons (Fsp3) is 0.632. The van der Waals surface area contributed by atoms with Gasteiger partial charge in [0.1, 0.15) is 0 Å². The van der Waals surface area contributed by atoms with E-state index in [0.717, 1.165) is 50.9 Å². The summed E-state index contributed by atoms with van der Waals surface area (Å²) in [6.45, 7) is 3.89. The van der Waals surface area contributed by atoms with Crippen LogP contribution in [0.15, 0.2) is 18.2 Å². The first-order chi connectivity index (χ1) is 11.6. The number of carboxylic acid groups (broad SMARTS) is 1. The Bertz CT molecular complexity index is 473. The van der Waals surface area contributed by atoms with Crippen LogP contribution >= 0.6 is 0 Å². The molecule has 1 aromatic rings. The Labute approximate surface area is 144 Å². The molecule has 2 N–H and O–H groups in total. The number of rotatable bonds is 13. The average Bonchev–Trinajstić information content (AvgIpc) is 2.55. The summed E-state index contributed by atoms with van der Waals surface area (Å²) in [4.78, 5) is 10.5. The zero-order chi connectivity index (χ0) is 17.6. The van der Waals surface area contributed by atoms with E-state index in [1.807, 2.05) is 0 Å². The van der Waals surface area contributed by atoms with Crippen LogP contribution in [0, 0.1) is 0 Å². The zero-order valence-corrected chi connectivity index (χ0v) is 14.6. The predicted molar refractivity (Wildman–Crippen MR) is 93.9 cm³/mol. The van der Waals surface area contributed by atoms with Crippen LogP contribution in [0.5, 0.6) is 11.5 Å². The van der Waals surface area contributed by atoms with Gasteiger partial charge in [0.15, 0.2) is 11.5 Å². The van der Waals surface area contributed by atoms with E-state index in [-0.39, 0.29) is 11.5 Å². The lowest BCUT2D eigenvalue weighted by Gasteiger charge is -2.08. The van der Waals surface area contributed by atoms with Gasteiger partial charge in [-0.3, -0.25) is 0 Å². The van der Waals surface area contributed by atoms with Gasteiger partial charge in [-0.15, -0.1) is 0 Å². The highest BCUT2D eigenvalue weighted by atomic mass is 16.7. The number of unbranched alkanes of at least 4 members (excludes halogenated alkanes) is 6. The van der Waals surface area contributed by atoms with Gasteiger partial charge < -0.3 is 19.7 Å². The lowest BCUT2D eigenvalue weighted by Crippen LogP contribution is -2.03. The molecule has 0 aliphatic rings. The van der Waals surface area contributed by atoms with E-state index in [4.69, 9.17) is 9.84 Å². The van der Waals surface area contributed by atoms with Crippen molar-refractivity contribution in [2.45, 2.75) is 64.7 Å². The Morgan fingerprint density at radius 2 is 1.67 bits per heavy atom. The second-order valence-electron chi connectivity index (χ2n) is 5.97. The summed E-state index contributed by atoms with van der Waals surface area (Å²) < 4.78 is 10.1. The lowest BCUT2D eigenvalue weighted by atomic mass is 10.0. The molecule has 5 nitrogen and oxygen atoms in total. The molecule has 24 heavy (non-hydrogen) atoms. The third-order valence-corrected chi connectivity index (χ3v) is 3.91. The molecule has 0 amide bonds. The van der Waals surface area contributed by atoms with Gasteiger partial charge in [0.2, 0.25) is 0 Å². The summed E-state index contributed by atoms with van der Waals surface area (Å²) in [7, 11) is 0. The van der Waals surface area contributed by atoms with Crippen LogP contribution in [0.2, 0.25) is 0 Å². The number of benzene rings is 1. The number of ether oxygens (including phenoxy) is 2. The number of hydrogen-bond acceptors (Lipinski definition) is 4. The number of phenols is 1. The van der Waals surface area contributed by atoms with E-state index >= 15 is 0 Å². The fourth-order valence-corrected chi connectivity index (χ4v) is 2.55. The summed E-state index contributed by atoms with van der Waals surface area (Å²) in [5.74, 6) is -0.0771. The molecule has 0 aromatic heterocycles. The summed E-state index contributed by atoms with van der Waals surface area (Å²) in [6, 6.07) is 4.94. The van der Waals surface area contributed by atoms with E-state index in [1.54, 1.807) is 12.1 Å². The molecule has 0 radical (unpaired) electrons. The number of para-hydroxylation sites is 1. The second kappa shape index (κ2) is 12.6. The fourth-order valence-electron chi connectivity index (χ4n) is 2.55. The number of phenolic OH excluding ortho intramolecular Hbond substituents is 1. The molecule has 0 fully saturated rings. The summed E-state index contributed by atoms with van der Waals surface area (Å²) in [5, 5.41) is 18.6. The first-order valence-electron chi connectivity index (χ1n) is 8.94. The SMILES string of the molecule is CCCCCCOCCCCCCc1cccc(OC(=O)O)c1O. The van der Waals surface area contributed by atoms with Crippen molar-refractivity contribution in [3.8, 4) is 11.5 Å². The van der Waals surface area contributed by atoms with E-state index < -0.39 is 6.16 Å². The topological polar surface area (TPSA) is 76.0 Å². The summed E-state index contributed by atoms with van der Waals surface area (Å²) >= 11 is 0. The third-order valence-electron chi connectivity index (χ3n) is 3.91. The monoisotopic (exact) mass is 338 g/mol. The van der Waals surface area contributed by atoms with Gasteiger partial charge in [-0.1, -0.05) is 51.2 Å². The van der Waals surface area contributed by atoms with Crippen molar-refractivity contribution in [2.75, 3.05) is 13.2 Å². The van der Waals surface area contributed by atoms with Crippen LogP contribution in [-0.2, 0) is 11.2 Å². The van der Waals surface area contributed by atoms with Crippen molar-refractivity contribution < 1.29 is 24.5 Å². The van der Waals surface area contributed by atoms with Crippen molar-refractivity contribution in [1.82, 2.24) is 0 Å². The molecule has 0 bridgehead atoms. The largest absolute Gasteiger partial charge is 0.511 e. The normalized spacial score (nSPS) is 10.7. The van der Waals surface area contributed by atoms with Crippen molar-refractivity contribution in [1.29, 1.82) is 0 Å². The first kappa shape index (κ1) is 20.3. The van der Waals surface area contributed by atoms with E-state index in [0.29, 0.717) is 6.42 Å². The average molecular weight is 338 g/mol. The Hall–Kier alpha value is -1.75. The molecule has 0 atom stereocenters. The van der Waals surface area contributed by atoms with E-state index in [2.05, 4.69) is 11.7 Å². The maximum Gasteiger partial charge on any atom is 0.511 e. The van der Waals surface area contributed by atoms with Crippen LogP contribution in [0.25, 0.3) is 0 Å². The van der Waals surface area contributed by atoms with Gasteiger partial charge >= 0.3 is 6.16 Å². The van der Waals surface area contributed by atoms with Gasteiger partial charge in [-0.2, -0.15) is 0 Å². The number of carbonyl (C=O) groups is 1. The van der Waals surface area contributed by atoms with Crippen LogP contribution in [-0.4, -0.2) is 29.6 Å². The van der Waals surface area contributed by atoms with Gasteiger partial charge in [-0.05, 0) is 37.3 Å². The molecule has 0 aliphatic heterocycles. The minimum absolute atomic E-state index is 0.00327. The van der Waals surface area contributed by atoms with Crippen LogP contribution in [0.4, 0.5) is 4.79 Å². The van der Waals surface area contributed by atoms with E-state index in [1.165, 1.54) is 25.3 Å². The molecular weight excluding hydrogens is 308 g/mol. The van der Waals surface area contributed by atoms with Crippen molar-refractivity contribution in [2.24, 2.45) is 0 Å². The highest BCUT2D eigenvalue weighted by Gasteiger charge is 2.10. The van der Waals surface area contributed by atoms with E-state index in [9.17, 15) is 9.90 Å². The number of aryl methyl sites for hydroxylation is 1. The molecule has 0 aliphatic carbocycles. The number of aromatic hydroxyl groups is 1. The third kappa shape index (κ3) is 8.77. The van der Waals surface area contributed by atoms with Crippen molar-refractivity contribution in [3.05, 3.63) is 23.8 Å². The lowest BCUT2D eigenvalue weighted by molar-refractivity contribution is 0.126. The summed E-state index contributed by atoms with van der Waals surface area (Å²) in [6.07, 6.45) is 8.40. The van der Waals surface area contributed by atoms with Crippen LogP contribution in [0.1, 0.15) is 63.9 Å². The Morgan fingerprint density at radius 1 is 1.00 bits per heavy atom. The standard InChI is InChI=1S/C19H30O5/c1-2-3-4-8-14-23-15-9-6-5-7-11-16-12-10-13-17(18(16)20)24-19(21)22/h10,12-13,20H,2-9,11,14-15H2,1H3,(H,21,22). The predicted octanol–water partition coefficient (Wildman–Crippen LogP) is 5.15. The summed E-state index contributed by atoms with van der Waals surface area (Å²) in [5.41, 5.74) is 0.723. The van der Waals surface area contributed by atoms with Gasteiger partial charge in [0, 0.05) is 13.2 Å². The highest BCUT2D eigenvalue weighted by Crippen LogP contribution is 2.31. The van der Waals surface area contributed by atoms with Gasteiger partial charge in [0.05, 0.1) is 0 Å². The molecule has 0 unspecified atom stereocenters. The number of hydrogen-bond donors (Lipinski definition) is 2. The molecule has 136 valence electrons. The first-order valence-corrected chi connectivity index (χ1v) is 8.94. The van der Waals surface area contributed by atoms with Gasteiger partial charge in [-0.25, -0.2) is 4.79 Å².